The molecule has 0 unspecified atom stereocenters. The number of anilines is 1. The fourth-order valence-electron chi connectivity index (χ4n) is 2.15. The standard InChI is InChI=1S/C15H29N3S/c1-6-9-18(10-7-2)15-17-14(12(4)5)13(19-15)11-16-8-3/h12,16H,6-11H2,1-5H3. The van der Waals surface area contributed by atoms with Crippen molar-refractivity contribution in [3.05, 3.63) is 10.6 Å². The van der Waals surface area contributed by atoms with Crippen molar-refractivity contribution in [2.75, 3.05) is 24.5 Å². The monoisotopic (exact) mass is 283 g/mol. The second-order valence-corrected chi connectivity index (χ2v) is 6.29. The van der Waals surface area contributed by atoms with Crippen molar-refractivity contribution in [1.82, 2.24) is 10.3 Å². The molecule has 0 aromatic carbocycles. The van der Waals surface area contributed by atoms with Crippen LogP contribution in [0.4, 0.5) is 5.13 Å². The molecular weight excluding hydrogens is 254 g/mol. The Labute approximate surface area is 122 Å². The number of nitrogens with zero attached hydrogens (tertiary/aromatic N) is 2. The first-order chi connectivity index (χ1) is 9.13. The van der Waals surface area contributed by atoms with Crippen molar-refractivity contribution in [3.8, 4) is 0 Å². The second-order valence-electron chi connectivity index (χ2n) is 5.23. The minimum absolute atomic E-state index is 0.503. The Morgan fingerprint density at radius 1 is 1.16 bits per heavy atom. The molecular formula is C15H29N3S. The van der Waals surface area contributed by atoms with Crippen LogP contribution >= 0.6 is 11.3 Å². The van der Waals surface area contributed by atoms with Gasteiger partial charge in [0.2, 0.25) is 0 Å². The minimum atomic E-state index is 0.503. The maximum absolute atomic E-state index is 4.90. The van der Waals surface area contributed by atoms with Gasteiger partial charge in [0.15, 0.2) is 5.13 Å². The lowest BCUT2D eigenvalue weighted by molar-refractivity contribution is 0.710. The highest BCUT2D eigenvalue weighted by atomic mass is 32.1. The average Bonchev–Trinajstić information content (AvgIpc) is 2.80. The first kappa shape index (κ1) is 16.4. The largest absolute Gasteiger partial charge is 0.348 e. The summed E-state index contributed by atoms with van der Waals surface area (Å²) in [7, 11) is 0. The van der Waals surface area contributed by atoms with Gasteiger partial charge >= 0.3 is 0 Å². The number of thiazole rings is 1. The quantitative estimate of drug-likeness (QED) is 0.742. The van der Waals surface area contributed by atoms with Crippen molar-refractivity contribution in [2.24, 2.45) is 0 Å². The molecule has 4 heteroatoms. The molecule has 0 radical (unpaired) electrons. The Hall–Kier alpha value is -0.610. The zero-order valence-corrected chi connectivity index (χ0v) is 13.9. The molecule has 19 heavy (non-hydrogen) atoms. The molecule has 3 nitrogen and oxygen atoms in total. The van der Waals surface area contributed by atoms with Crippen LogP contribution in [0.1, 0.15) is 63.9 Å². The van der Waals surface area contributed by atoms with Crippen LogP contribution in [0.2, 0.25) is 0 Å². The van der Waals surface area contributed by atoms with Gasteiger partial charge in [-0.05, 0) is 25.3 Å². The maximum atomic E-state index is 4.90. The number of aromatic nitrogens is 1. The second kappa shape index (κ2) is 8.54. The summed E-state index contributed by atoms with van der Waals surface area (Å²) in [4.78, 5) is 8.75. The third-order valence-corrected chi connectivity index (χ3v) is 4.19. The van der Waals surface area contributed by atoms with E-state index in [1.54, 1.807) is 0 Å². The van der Waals surface area contributed by atoms with Crippen molar-refractivity contribution < 1.29 is 0 Å². The molecule has 0 fully saturated rings. The van der Waals surface area contributed by atoms with Crippen LogP contribution in [0.15, 0.2) is 0 Å². The van der Waals surface area contributed by atoms with E-state index in [4.69, 9.17) is 4.98 Å². The summed E-state index contributed by atoms with van der Waals surface area (Å²) in [6.45, 7) is 15.3. The molecule has 0 bridgehead atoms. The van der Waals surface area contributed by atoms with E-state index in [-0.39, 0.29) is 0 Å². The summed E-state index contributed by atoms with van der Waals surface area (Å²) in [6.07, 6.45) is 2.36. The lowest BCUT2D eigenvalue weighted by Gasteiger charge is -2.20. The molecule has 0 amide bonds. The number of rotatable bonds is 9. The van der Waals surface area contributed by atoms with Crippen molar-refractivity contribution in [3.63, 3.8) is 0 Å². The molecule has 1 N–H and O–H groups in total. The molecule has 0 spiro atoms. The normalized spacial score (nSPS) is 11.3. The Morgan fingerprint density at radius 3 is 2.26 bits per heavy atom. The average molecular weight is 283 g/mol. The molecule has 0 saturated heterocycles. The highest BCUT2D eigenvalue weighted by molar-refractivity contribution is 7.15. The Morgan fingerprint density at radius 2 is 1.79 bits per heavy atom. The highest BCUT2D eigenvalue weighted by Crippen LogP contribution is 2.31. The van der Waals surface area contributed by atoms with Crippen molar-refractivity contribution in [2.45, 2.75) is 59.9 Å². The fourth-order valence-corrected chi connectivity index (χ4v) is 3.38. The number of hydrogen-bond donors (Lipinski definition) is 1. The minimum Gasteiger partial charge on any atom is -0.348 e. The zero-order chi connectivity index (χ0) is 14.3. The van der Waals surface area contributed by atoms with Crippen LogP contribution in [0.5, 0.6) is 0 Å². The van der Waals surface area contributed by atoms with Gasteiger partial charge in [-0.15, -0.1) is 11.3 Å². The Kier molecular flexibility index (Phi) is 7.39. The van der Waals surface area contributed by atoms with E-state index in [1.165, 1.54) is 28.5 Å². The first-order valence-electron chi connectivity index (χ1n) is 7.59. The molecule has 0 aliphatic heterocycles. The molecule has 0 atom stereocenters. The molecule has 0 aliphatic rings. The topological polar surface area (TPSA) is 28.2 Å². The summed E-state index contributed by atoms with van der Waals surface area (Å²) >= 11 is 1.87. The van der Waals surface area contributed by atoms with Gasteiger partial charge in [-0.2, -0.15) is 0 Å². The third kappa shape index (κ3) is 4.77. The smallest absolute Gasteiger partial charge is 0.185 e. The van der Waals surface area contributed by atoms with Crippen molar-refractivity contribution >= 4 is 16.5 Å². The molecule has 1 rings (SSSR count). The summed E-state index contributed by atoms with van der Waals surface area (Å²) in [6, 6.07) is 0. The van der Waals surface area contributed by atoms with Gasteiger partial charge in [-0.3, -0.25) is 0 Å². The predicted molar refractivity (Wildman–Crippen MR) is 86.4 cm³/mol. The number of hydrogen-bond acceptors (Lipinski definition) is 4. The van der Waals surface area contributed by atoms with Gasteiger partial charge in [0.1, 0.15) is 0 Å². The van der Waals surface area contributed by atoms with Gasteiger partial charge in [-0.1, -0.05) is 34.6 Å². The molecule has 110 valence electrons. The zero-order valence-electron chi connectivity index (χ0n) is 13.1. The summed E-state index contributed by atoms with van der Waals surface area (Å²) in [5, 5.41) is 4.64. The van der Waals surface area contributed by atoms with Crippen LogP contribution in [0.25, 0.3) is 0 Å². The molecule has 0 aliphatic carbocycles. The van der Waals surface area contributed by atoms with Crippen LogP contribution < -0.4 is 10.2 Å². The van der Waals surface area contributed by atoms with E-state index in [9.17, 15) is 0 Å². The summed E-state index contributed by atoms with van der Waals surface area (Å²) in [5.41, 5.74) is 1.28. The first-order valence-corrected chi connectivity index (χ1v) is 8.40. The van der Waals surface area contributed by atoms with E-state index in [0.29, 0.717) is 5.92 Å². The molecule has 0 saturated carbocycles. The molecule has 1 aromatic rings. The van der Waals surface area contributed by atoms with Crippen LogP contribution in [-0.4, -0.2) is 24.6 Å². The fraction of sp³-hybridized carbons (Fsp3) is 0.800. The van der Waals surface area contributed by atoms with Crippen LogP contribution in [0.3, 0.4) is 0 Å². The van der Waals surface area contributed by atoms with Gasteiger partial charge in [-0.25, -0.2) is 4.98 Å². The summed E-state index contributed by atoms with van der Waals surface area (Å²) in [5.74, 6) is 0.503. The number of nitrogens with one attached hydrogen (secondary N) is 1. The molecule has 1 heterocycles. The van der Waals surface area contributed by atoms with Gasteiger partial charge in [0.05, 0.1) is 5.69 Å². The Balaban J connectivity index is 2.93. The van der Waals surface area contributed by atoms with E-state index >= 15 is 0 Å². The van der Waals surface area contributed by atoms with E-state index < -0.39 is 0 Å². The van der Waals surface area contributed by atoms with Crippen LogP contribution in [-0.2, 0) is 6.54 Å². The summed E-state index contributed by atoms with van der Waals surface area (Å²) < 4.78 is 0. The molecule has 1 aromatic heterocycles. The van der Waals surface area contributed by atoms with E-state index in [2.05, 4.69) is 44.8 Å². The third-order valence-electron chi connectivity index (χ3n) is 3.06. The van der Waals surface area contributed by atoms with E-state index in [0.717, 1.165) is 26.2 Å². The van der Waals surface area contributed by atoms with Crippen molar-refractivity contribution in [1.29, 1.82) is 0 Å². The van der Waals surface area contributed by atoms with Gasteiger partial charge < -0.3 is 10.2 Å². The van der Waals surface area contributed by atoms with Gasteiger partial charge in [0, 0.05) is 24.5 Å². The van der Waals surface area contributed by atoms with Gasteiger partial charge in [0.25, 0.3) is 0 Å². The highest BCUT2D eigenvalue weighted by Gasteiger charge is 2.17. The van der Waals surface area contributed by atoms with Crippen LogP contribution in [0, 0.1) is 0 Å². The maximum Gasteiger partial charge on any atom is 0.185 e. The van der Waals surface area contributed by atoms with E-state index in [1.807, 2.05) is 11.3 Å². The Bertz CT molecular complexity index is 354. The lowest BCUT2D eigenvalue weighted by atomic mass is 10.1. The lowest BCUT2D eigenvalue weighted by Crippen LogP contribution is -2.24. The SMILES string of the molecule is CCCN(CCC)c1nc(C(C)C)c(CNCC)s1. The predicted octanol–water partition coefficient (Wildman–Crippen LogP) is 4.00.